The maximum absolute atomic E-state index is 12.6. The average Bonchev–Trinajstić information content (AvgIpc) is 3.20. The van der Waals surface area contributed by atoms with Gasteiger partial charge in [-0.1, -0.05) is 0 Å². The molecular weight excluding hydrogens is 297 g/mol. The van der Waals surface area contributed by atoms with Crippen LogP contribution in [-0.2, 0) is 11.0 Å². The first-order valence-corrected chi connectivity index (χ1v) is 7.40. The third-order valence-electron chi connectivity index (χ3n) is 4.86. The third kappa shape index (κ3) is 3.03. The number of hydrogen-bond acceptors (Lipinski definition) is 2. The van der Waals surface area contributed by atoms with Crippen LogP contribution in [-0.4, -0.2) is 10.9 Å². The van der Waals surface area contributed by atoms with Crippen LogP contribution in [0.15, 0.2) is 17.1 Å². The Bertz CT molecular complexity index is 637. The number of carbonyl (C=O) groups is 1. The highest BCUT2D eigenvalue weighted by atomic mass is 19.4. The molecule has 1 amide bonds. The van der Waals surface area contributed by atoms with Crippen LogP contribution in [0.1, 0.15) is 44.1 Å². The van der Waals surface area contributed by atoms with Crippen molar-refractivity contribution in [3.8, 4) is 0 Å². The molecule has 0 unspecified atom stereocenters. The molecule has 1 spiro atoms. The number of nitrogens with one attached hydrogen (secondary N) is 2. The van der Waals surface area contributed by atoms with Crippen LogP contribution in [0.3, 0.4) is 0 Å². The first kappa shape index (κ1) is 15.1. The van der Waals surface area contributed by atoms with Crippen LogP contribution in [0, 0.1) is 11.3 Å². The molecule has 4 nitrogen and oxygen atoms in total. The molecule has 0 aromatic carbocycles. The van der Waals surface area contributed by atoms with Gasteiger partial charge in [0, 0.05) is 12.1 Å². The van der Waals surface area contributed by atoms with E-state index in [1.807, 2.05) is 4.98 Å². The summed E-state index contributed by atoms with van der Waals surface area (Å²) in [5.74, 6) is -0.583. The Morgan fingerprint density at radius 2 is 1.86 bits per heavy atom. The number of H-pyrrole nitrogens is 1. The lowest BCUT2D eigenvalue weighted by Crippen LogP contribution is -2.30. The lowest BCUT2D eigenvalue weighted by atomic mass is 9.79. The first-order chi connectivity index (χ1) is 10.3. The van der Waals surface area contributed by atoms with Gasteiger partial charge in [-0.2, -0.15) is 13.2 Å². The quantitative estimate of drug-likeness (QED) is 0.880. The van der Waals surface area contributed by atoms with Gasteiger partial charge in [0.05, 0.1) is 5.56 Å². The van der Waals surface area contributed by atoms with Crippen molar-refractivity contribution in [3.63, 3.8) is 0 Å². The van der Waals surface area contributed by atoms with E-state index in [0.717, 1.165) is 25.7 Å². The summed E-state index contributed by atoms with van der Waals surface area (Å²) >= 11 is 0. The van der Waals surface area contributed by atoms with Crippen LogP contribution in [0.5, 0.6) is 0 Å². The molecular formula is C15H17F3N2O2. The molecule has 1 aromatic rings. The van der Waals surface area contributed by atoms with Crippen molar-refractivity contribution < 1.29 is 18.0 Å². The van der Waals surface area contributed by atoms with Gasteiger partial charge in [-0.05, 0) is 50.0 Å². The van der Waals surface area contributed by atoms with Crippen LogP contribution in [0.25, 0.3) is 0 Å². The summed E-state index contributed by atoms with van der Waals surface area (Å²) in [7, 11) is 0. The number of aromatic nitrogens is 1. The summed E-state index contributed by atoms with van der Waals surface area (Å²) in [6.07, 6.45) is 1.94. The molecule has 0 bridgehead atoms. The molecule has 0 atom stereocenters. The molecule has 2 saturated carbocycles. The zero-order valence-corrected chi connectivity index (χ0v) is 11.9. The Balaban J connectivity index is 1.69. The lowest BCUT2D eigenvalue weighted by molar-refractivity contribution is -0.137. The fourth-order valence-electron chi connectivity index (χ4n) is 3.14. The van der Waals surface area contributed by atoms with Crippen LogP contribution < -0.4 is 10.9 Å². The maximum Gasteiger partial charge on any atom is 0.417 e. The van der Waals surface area contributed by atoms with E-state index < -0.39 is 17.3 Å². The van der Waals surface area contributed by atoms with E-state index in [1.165, 1.54) is 12.8 Å². The van der Waals surface area contributed by atoms with Gasteiger partial charge >= 0.3 is 6.18 Å². The lowest BCUT2D eigenvalue weighted by Gasteiger charge is -2.27. The summed E-state index contributed by atoms with van der Waals surface area (Å²) in [6.45, 7) is 0. The predicted octanol–water partition coefficient (Wildman–Crippen LogP) is 3.30. The molecule has 1 aromatic heterocycles. The molecule has 22 heavy (non-hydrogen) atoms. The van der Waals surface area contributed by atoms with E-state index in [1.54, 1.807) is 0 Å². The Kier molecular flexibility index (Phi) is 3.53. The number of pyridine rings is 1. The van der Waals surface area contributed by atoms with E-state index in [9.17, 15) is 22.8 Å². The largest absolute Gasteiger partial charge is 0.417 e. The van der Waals surface area contributed by atoms with E-state index in [0.29, 0.717) is 17.7 Å². The summed E-state index contributed by atoms with van der Waals surface area (Å²) < 4.78 is 37.9. The van der Waals surface area contributed by atoms with Crippen molar-refractivity contribution in [2.24, 2.45) is 11.3 Å². The highest BCUT2D eigenvalue weighted by Gasteiger charge is 2.45. The van der Waals surface area contributed by atoms with Gasteiger partial charge in [0.1, 0.15) is 5.69 Å². The second-order valence-electron chi connectivity index (χ2n) is 6.39. The van der Waals surface area contributed by atoms with Crippen molar-refractivity contribution in [3.05, 3.63) is 28.2 Å². The van der Waals surface area contributed by atoms with Gasteiger partial charge in [-0.25, -0.2) is 0 Å². The summed E-state index contributed by atoms with van der Waals surface area (Å²) in [5.41, 5.74) is -1.62. The van der Waals surface area contributed by atoms with Gasteiger partial charge in [-0.3, -0.25) is 9.59 Å². The fraction of sp³-hybridized carbons (Fsp3) is 0.600. The van der Waals surface area contributed by atoms with E-state index in [4.69, 9.17) is 0 Å². The molecule has 3 rings (SSSR count). The van der Waals surface area contributed by atoms with Crippen LogP contribution in [0.2, 0.25) is 0 Å². The topological polar surface area (TPSA) is 62.0 Å². The normalized spacial score (nSPS) is 20.9. The minimum absolute atomic E-state index is 0.222. The highest BCUT2D eigenvalue weighted by Crippen LogP contribution is 2.57. The van der Waals surface area contributed by atoms with Gasteiger partial charge in [-0.15, -0.1) is 0 Å². The molecule has 0 aliphatic heterocycles. The molecule has 0 saturated heterocycles. The standard InChI is InChI=1S/C15H17F3N2O2/c16-15(17,18)10-7-11(13(22)19-8-10)20-12(21)9-1-3-14(4-2-9)5-6-14/h7-9H,1-6H2,(H,19,22)(H,20,21). The average molecular weight is 314 g/mol. The van der Waals surface area contributed by atoms with Crippen molar-refractivity contribution in [2.75, 3.05) is 5.32 Å². The Morgan fingerprint density at radius 1 is 1.23 bits per heavy atom. The second-order valence-corrected chi connectivity index (χ2v) is 6.39. The smallest absolute Gasteiger partial charge is 0.327 e. The predicted molar refractivity (Wildman–Crippen MR) is 74.3 cm³/mol. The number of amides is 1. The Hall–Kier alpha value is -1.79. The van der Waals surface area contributed by atoms with Gasteiger partial charge in [0.2, 0.25) is 5.91 Å². The zero-order chi connectivity index (χ0) is 16.0. The van der Waals surface area contributed by atoms with Crippen LogP contribution >= 0.6 is 0 Å². The minimum atomic E-state index is -4.56. The van der Waals surface area contributed by atoms with Gasteiger partial charge < -0.3 is 10.3 Å². The molecule has 0 radical (unpaired) electrons. The summed E-state index contributed by atoms with van der Waals surface area (Å²) in [6, 6.07) is 0.682. The van der Waals surface area contributed by atoms with Crippen molar-refractivity contribution >= 4 is 11.6 Å². The van der Waals surface area contributed by atoms with E-state index in [-0.39, 0.29) is 17.5 Å². The summed E-state index contributed by atoms with van der Waals surface area (Å²) in [4.78, 5) is 25.8. The number of halogens is 3. The summed E-state index contributed by atoms with van der Waals surface area (Å²) in [5, 5.41) is 2.36. The second kappa shape index (κ2) is 5.14. The van der Waals surface area contributed by atoms with Crippen molar-refractivity contribution in [1.82, 2.24) is 4.98 Å². The fourth-order valence-corrected chi connectivity index (χ4v) is 3.14. The maximum atomic E-state index is 12.6. The monoisotopic (exact) mass is 314 g/mol. The number of aromatic amines is 1. The molecule has 7 heteroatoms. The molecule has 2 aliphatic carbocycles. The Labute approximate surface area is 125 Å². The molecule has 120 valence electrons. The highest BCUT2D eigenvalue weighted by molar-refractivity contribution is 5.92. The minimum Gasteiger partial charge on any atom is -0.327 e. The molecule has 2 N–H and O–H groups in total. The molecule has 1 heterocycles. The zero-order valence-electron chi connectivity index (χ0n) is 11.9. The number of alkyl halides is 3. The van der Waals surface area contributed by atoms with Gasteiger partial charge in [0.15, 0.2) is 0 Å². The van der Waals surface area contributed by atoms with Crippen molar-refractivity contribution in [2.45, 2.75) is 44.7 Å². The van der Waals surface area contributed by atoms with Gasteiger partial charge in [0.25, 0.3) is 5.56 Å². The SMILES string of the molecule is O=C(Nc1cc(C(F)(F)F)c[nH]c1=O)C1CCC2(CC1)CC2. The van der Waals surface area contributed by atoms with Crippen LogP contribution in [0.4, 0.5) is 18.9 Å². The van der Waals surface area contributed by atoms with E-state index in [2.05, 4.69) is 5.32 Å². The third-order valence-corrected chi connectivity index (χ3v) is 4.86. The number of hydrogen-bond donors (Lipinski definition) is 2. The number of carbonyl (C=O) groups excluding carboxylic acids is 1. The Morgan fingerprint density at radius 3 is 2.41 bits per heavy atom. The molecule has 2 aliphatic rings. The molecule has 2 fully saturated rings. The number of anilines is 1. The van der Waals surface area contributed by atoms with E-state index >= 15 is 0 Å². The van der Waals surface area contributed by atoms with Crippen molar-refractivity contribution in [1.29, 1.82) is 0 Å². The first-order valence-electron chi connectivity index (χ1n) is 7.40. The number of rotatable bonds is 2.